The lowest BCUT2D eigenvalue weighted by atomic mass is 9.98. The quantitative estimate of drug-likeness (QED) is 0.815. The Hall–Kier alpha value is -0.530. The van der Waals surface area contributed by atoms with Gasteiger partial charge in [0.15, 0.2) is 0 Å². The van der Waals surface area contributed by atoms with Crippen LogP contribution in [-0.4, -0.2) is 40.0 Å². The van der Waals surface area contributed by atoms with Crippen LogP contribution in [0.2, 0.25) is 10.0 Å². The topological polar surface area (TPSA) is 75.4 Å². The lowest BCUT2D eigenvalue weighted by Gasteiger charge is -2.28. The molecule has 3 N–H and O–H groups in total. The molecule has 0 bridgehead atoms. The van der Waals surface area contributed by atoms with Gasteiger partial charge in [-0.25, -0.2) is 13.1 Å². The number of rotatable bonds is 4. The molecule has 1 aromatic carbocycles. The highest BCUT2D eigenvalue weighted by Crippen LogP contribution is 2.31. The maximum absolute atomic E-state index is 12.4. The zero-order valence-electron chi connectivity index (χ0n) is 11.8. The zero-order chi connectivity index (χ0) is 15.6. The molecule has 0 unspecified atom stereocenters. The molecule has 1 fully saturated rings. The Kier molecular flexibility index (Phi) is 5.38. The molecule has 0 spiro atoms. The fourth-order valence-electron chi connectivity index (χ4n) is 2.40. The van der Waals surface area contributed by atoms with Gasteiger partial charge < -0.3 is 10.6 Å². The maximum atomic E-state index is 12.4. The van der Waals surface area contributed by atoms with Crippen LogP contribution in [0, 0.1) is 5.92 Å². The first-order valence-electron chi connectivity index (χ1n) is 6.72. The van der Waals surface area contributed by atoms with Crippen LogP contribution in [0.15, 0.2) is 17.0 Å². The Bertz CT molecular complexity index is 591. The Morgan fingerprint density at radius 1 is 1.29 bits per heavy atom. The van der Waals surface area contributed by atoms with E-state index in [-0.39, 0.29) is 14.9 Å². The summed E-state index contributed by atoms with van der Waals surface area (Å²) in [5.41, 5.74) is 5.92. The highest BCUT2D eigenvalue weighted by molar-refractivity contribution is 7.89. The molecule has 5 nitrogen and oxygen atoms in total. The third-order valence-corrected chi connectivity index (χ3v) is 6.03. The average molecular weight is 352 g/mol. The Morgan fingerprint density at radius 2 is 1.81 bits per heavy atom. The highest BCUT2D eigenvalue weighted by atomic mass is 35.5. The second-order valence-electron chi connectivity index (χ2n) is 5.41. The van der Waals surface area contributed by atoms with Crippen molar-refractivity contribution in [2.24, 2.45) is 5.92 Å². The number of nitrogens with one attached hydrogen (secondary N) is 1. The van der Waals surface area contributed by atoms with Crippen LogP contribution in [0.4, 0.5) is 5.69 Å². The SMILES string of the molecule is CN1CCC(CNS(=O)(=O)c2c(Cl)cc(N)cc2Cl)CC1. The molecular formula is C13H19Cl2N3O2S. The van der Waals surface area contributed by atoms with E-state index in [1.54, 1.807) is 0 Å². The molecule has 1 aromatic rings. The Morgan fingerprint density at radius 3 is 2.33 bits per heavy atom. The Labute approximate surface area is 135 Å². The van der Waals surface area contributed by atoms with E-state index in [1.165, 1.54) is 12.1 Å². The highest BCUT2D eigenvalue weighted by Gasteiger charge is 2.24. The molecule has 1 saturated heterocycles. The van der Waals surface area contributed by atoms with Gasteiger partial charge in [0.2, 0.25) is 10.0 Å². The van der Waals surface area contributed by atoms with Crippen molar-refractivity contribution < 1.29 is 8.42 Å². The Balaban J connectivity index is 2.09. The summed E-state index contributed by atoms with van der Waals surface area (Å²) in [7, 11) is -1.67. The van der Waals surface area contributed by atoms with Crippen LogP contribution in [0.1, 0.15) is 12.8 Å². The number of hydrogen-bond donors (Lipinski definition) is 2. The second kappa shape index (κ2) is 6.71. The molecular weight excluding hydrogens is 333 g/mol. The van der Waals surface area contributed by atoms with E-state index in [1.807, 2.05) is 0 Å². The van der Waals surface area contributed by atoms with Crippen LogP contribution in [0.25, 0.3) is 0 Å². The van der Waals surface area contributed by atoms with Gasteiger partial charge in [0.05, 0.1) is 10.0 Å². The van der Waals surface area contributed by atoms with Gasteiger partial charge in [0.1, 0.15) is 4.90 Å². The molecule has 0 amide bonds. The summed E-state index contributed by atoms with van der Waals surface area (Å²) in [6, 6.07) is 2.77. The third kappa shape index (κ3) is 4.23. The van der Waals surface area contributed by atoms with Gasteiger partial charge in [-0.15, -0.1) is 0 Å². The lowest BCUT2D eigenvalue weighted by molar-refractivity contribution is 0.220. The van der Waals surface area contributed by atoms with Crippen molar-refractivity contribution in [2.45, 2.75) is 17.7 Å². The summed E-state index contributed by atoms with van der Waals surface area (Å²) in [6.07, 6.45) is 1.95. The van der Waals surface area contributed by atoms with E-state index in [4.69, 9.17) is 28.9 Å². The van der Waals surface area contributed by atoms with Gasteiger partial charge in [-0.2, -0.15) is 0 Å². The van der Waals surface area contributed by atoms with Crippen molar-refractivity contribution in [3.63, 3.8) is 0 Å². The van der Waals surface area contributed by atoms with E-state index in [0.717, 1.165) is 25.9 Å². The molecule has 1 aliphatic heterocycles. The maximum Gasteiger partial charge on any atom is 0.243 e. The second-order valence-corrected chi connectivity index (χ2v) is 7.93. The molecule has 21 heavy (non-hydrogen) atoms. The van der Waals surface area contributed by atoms with Crippen LogP contribution in [-0.2, 0) is 10.0 Å². The van der Waals surface area contributed by atoms with Crippen LogP contribution in [0.3, 0.4) is 0 Å². The average Bonchev–Trinajstić information content (AvgIpc) is 2.36. The molecule has 118 valence electrons. The fraction of sp³-hybridized carbons (Fsp3) is 0.538. The molecule has 1 aliphatic rings. The molecule has 0 radical (unpaired) electrons. The standard InChI is InChI=1S/C13H19Cl2N3O2S/c1-18-4-2-9(3-5-18)8-17-21(19,20)13-11(14)6-10(16)7-12(13)15/h6-7,9,17H,2-5,8,16H2,1H3. The number of nitrogens with zero attached hydrogens (tertiary/aromatic N) is 1. The van der Waals surface area contributed by atoms with E-state index in [2.05, 4.69) is 16.7 Å². The van der Waals surface area contributed by atoms with Crippen LogP contribution >= 0.6 is 23.2 Å². The van der Waals surface area contributed by atoms with Gasteiger partial charge in [0, 0.05) is 12.2 Å². The van der Waals surface area contributed by atoms with E-state index in [0.29, 0.717) is 18.2 Å². The summed E-state index contributed by atoms with van der Waals surface area (Å²) >= 11 is 11.9. The minimum absolute atomic E-state index is 0.0378. The van der Waals surface area contributed by atoms with Gasteiger partial charge in [-0.3, -0.25) is 0 Å². The number of halogens is 2. The van der Waals surface area contributed by atoms with E-state index in [9.17, 15) is 8.42 Å². The largest absolute Gasteiger partial charge is 0.399 e. The number of nitrogens with two attached hydrogens (primary N) is 1. The number of likely N-dealkylation sites (tertiary alicyclic amines) is 1. The van der Waals surface area contributed by atoms with Crippen molar-refractivity contribution in [1.29, 1.82) is 0 Å². The first-order valence-corrected chi connectivity index (χ1v) is 8.96. The minimum Gasteiger partial charge on any atom is -0.399 e. The minimum atomic E-state index is -3.73. The first kappa shape index (κ1) is 16.8. The zero-order valence-corrected chi connectivity index (χ0v) is 14.1. The fourth-order valence-corrected chi connectivity index (χ4v) is 4.75. The summed E-state index contributed by atoms with van der Waals surface area (Å²) in [5, 5.41) is 0.0757. The van der Waals surface area contributed by atoms with Crippen LogP contribution in [0.5, 0.6) is 0 Å². The van der Waals surface area contributed by atoms with Gasteiger partial charge in [-0.05, 0) is 51.0 Å². The van der Waals surface area contributed by atoms with Crippen molar-refractivity contribution in [2.75, 3.05) is 32.4 Å². The summed E-state index contributed by atoms with van der Waals surface area (Å²) in [6.45, 7) is 2.36. The molecule has 0 atom stereocenters. The predicted molar refractivity (Wildman–Crippen MR) is 86.3 cm³/mol. The lowest BCUT2D eigenvalue weighted by Crippen LogP contribution is -2.37. The molecule has 1 heterocycles. The molecule has 0 aromatic heterocycles. The van der Waals surface area contributed by atoms with Crippen molar-refractivity contribution in [3.05, 3.63) is 22.2 Å². The smallest absolute Gasteiger partial charge is 0.243 e. The normalized spacial score (nSPS) is 18.0. The summed E-state index contributed by atoms with van der Waals surface area (Å²) in [5.74, 6) is 0.335. The number of hydrogen-bond acceptors (Lipinski definition) is 4. The van der Waals surface area contributed by atoms with E-state index >= 15 is 0 Å². The molecule has 2 rings (SSSR count). The molecule has 0 aliphatic carbocycles. The van der Waals surface area contributed by atoms with Gasteiger partial charge in [0.25, 0.3) is 0 Å². The van der Waals surface area contributed by atoms with Crippen LogP contribution < -0.4 is 10.5 Å². The number of anilines is 1. The number of piperidine rings is 1. The monoisotopic (exact) mass is 351 g/mol. The summed E-state index contributed by atoms with van der Waals surface area (Å²) < 4.78 is 27.3. The molecule has 8 heteroatoms. The van der Waals surface area contributed by atoms with Crippen molar-refractivity contribution in [3.8, 4) is 0 Å². The van der Waals surface area contributed by atoms with Crippen molar-refractivity contribution >= 4 is 38.9 Å². The first-order chi connectivity index (χ1) is 9.79. The van der Waals surface area contributed by atoms with Gasteiger partial charge >= 0.3 is 0 Å². The number of nitrogen functional groups attached to an aromatic ring is 1. The molecule has 0 saturated carbocycles. The van der Waals surface area contributed by atoms with Gasteiger partial charge in [-0.1, -0.05) is 23.2 Å². The number of sulfonamides is 1. The predicted octanol–water partition coefficient (Wildman–Crippen LogP) is 2.20. The third-order valence-electron chi connectivity index (χ3n) is 3.69. The summed E-state index contributed by atoms with van der Waals surface area (Å²) in [4.78, 5) is 2.13. The van der Waals surface area contributed by atoms with E-state index < -0.39 is 10.0 Å². The number of benzene rings is 1. The van der Waals surface area contributed by atoms with Crippen molar-refractivity contribution in [1.82, 2.24) is 9.62 Å².